The topological polar surface area (TPSA) is 58.4 Å². The fraction of sp³-hybridized carbons (Fsp3) is 0.909. The van der Waals surface area contributed by atoms with Crippen molar-refractivity contribution in [3.63, 3.8) is 0 Å². The van der Waals surface area contributed by atoms with E-state index in [1.807, 2.05) is 4.90 Å². The van der Waals surface area contributed by atoms with Crippen molar-refractivity contribution in [2.75, 3.05) is 26.2 Å². The van der Waals surface area contributed by atoms with Gasteiger partial charge in [-0.1, -0.05) is 0 Å². The van der Waals surface area contributed by atoms with Crippen LogP contribution in [-0.2, 0) is 4.79 Å². The van der Waals surface area contributed by atoms with Gasteiger partial charge in [-0.2, -0.15) is 0 Å². The average Bonchev–Trinajstić information content (AvgIpc) is 2.43. The van der Waals surface area contributed by atoms with Crippen molar-refractivity contribution in [3.05, 3.63) is 0 Å². The van der Waals surface area contributed by atoms with Crippen molar-refractivity contribution in [3.8, 4) is 0 Å². The molecule has 1 aliphatic carbocycles. The van der Waals surface area contributed by atoms with E-state index in [1.165, 1.54) is 6.42 Å². The Balaban J connectivity index is 1.83. The fourth-order valence-corrected chi connectivity index (χ4v) is 2.32. The summed E-state index contributed by atoms with van der Waals surface area (Å²) in [5.74, 6) is 0.251. The summed E-state index contributed by atoms with van der Waals surface area (Å²) < 4.78 is 0. The Bertz CT molecular complexity index is 230. The van der Waals surface area contributed by atoms with Gasteiger partial charge >= 0.3 is 0 Å². The molecular formula is C11H21N3O. The second-order valence-electron chi connectivity index (χ2n) is 4.88. The number of hydrogen-bond donors (Lipinski definition) is 2. The number of carbonyl (C=O) groups excluding carboxylic acids is 1. The van der Waals surface area contributed by atoms with Gasteiger partial charge in [0.2, 0.25) is 5.91 Å². The first kappa shape index (κ1) is 10.9. The Morgan fingerprint density at radius 3 is 2.73 bits per heavy atom. The summed E-state index contributed by atoms with van der Waals surface area (Å²) in [6.45, 7) is 3.68. The van der Waals surface area contributed by atoms with Crippen LogP contribution < -0.4 is 11.1 Å². The number of nitrogens with zero attached hydrogens (tertiary/aromatic N) is 1. The molecule has 15 heavy (non-hydrogen) atoms. The van der Waals surface area contributed by atoms with Gasteiger partial charge in [-0.3, -0.25) is 4.79 Å². The number of nitrogens with two attached hydrogens (primary N) is 1. The van der Waals surface area contributed by atoms with E-state index < -0.39 is 0 Å². The van der Waals surface area contributed by atoms with E-state index in [4.69, 9.17) is 5.73 Å². The van der Waals surface area contributed by atoms with Crippen LogP contribution in [0.3, 0.4) is 0 Å². The Labute approximate surface area is 91.2 Å². The van der Waals surface area contributed by atoms with Crippen LogP contribution in [-0.4, -0.2) is 42.5 Å². The first-order chi connectivity index (χ1) is 7.20. The Hall–Kier alpha value is -0.610. The molecule has 0 aromatic rings. The summed E-state index contributed by atoms with van der Waals surface area (Å²) in [5, 5.41) is 3.30. The smallest absolute Gasteiger partial charge is 0.224 e. The average molecular weight is 211 g/mol. The lowest BCUT2D eigenvalue weighted by atomic mass is 9.75. The van der Waals surface area contributed by atoms with Gasteiger partial charge < -0.3 is 16.0 Å². The largest absolute Gasteiger partial charge is 0.341 e. The number of carbonyl (C=O) groups is 1. The monoisotopic (exact) mass is 211 g/mol. The van der Waals surface area contributed by atoms with Crippen molar-refractivity contribution in [2.24, 2.45) is 5.73 Å². The van der Waals surface area contributed by atoms with E-state index >= 15 is 0 Å². The third-order valence-electron chi connectivity index (χ3n) is 3.55. The van der Waals surface area contributed by atoms with Crippen LogP contribution in [0.5, 0.6) is 0 Å². The normalized spacial score (nSPS) is 25.5. The Morgan fingerprint density at radius 2 is 2.07 bits per heavy atom. The highest BCUT2D eigenvalue weighted by Crippen LogP contribution is 2.32. The molecule has 2 fully saturated rings. The van der Waals surface area contributed by atoms with Crippen LogP contribution in [0, 0.1) is 0 Å². The van der Waals surface area contributed by atoms with Crippen LogP contribution in [0.15, 0.2) is 0 Å². The van der Waals surface area contributed by atoms with Crippen molar-refractivity contribution in [1.82, 2.24) is 10.2 Å². The van der Waals surface area contributed by atoms with Gasteiger partial charge in [0.1, 0.15) is 0 Å². The minimum Gasteiger partial charge on any atom is -0.341 e. The van der Waals surface area contributed by atoms with E-state index in [9.17, 15) is 4.79 Å². The molecule has 0 aromatic carbocycles. The molecule has 0 spiro atoms. The minimum absolute atomic E-state index is 0.170. The summed E-state index contributed by atoms with van der Waals surface area (Å²) in [7, 11) is 0. The molecule has 4 nitrogen and oxygen atoms in total. The second-order valence-corrected chi connectivity index (χ2v) is 4.88. The molecule has 0 aromatic heterocycles. The van der Waals surface area contributed by atoms with Crippen molar-refractivity contribution < 1.29 is 4.79 Å². The van der Waals surface area contributed by atoms with Crippen LogP contribution in [0.4, 0.5) is 0 Å². The summed E-state index contributed by atoms with van der Waals surface area (Å²) >= 11 is 0. The lowest BCUT2D eigenvalue weighted by molar-refractivity contribution is -0.133. The molecule has 86 valence electrons. The zero-order chi connectivity index (χ0) is 10.7. The highest BCUT2D eigenvalue weighted by molar-refractivity contribution is 5.77. The standard InChI is InChI=1S/C11H21N3O/c12-11(3-1-4-11)9-10(15)14-7-2-5-13-6-8-14/h13H,1-9,12H2. The van der Waals surface area contributed by atoms with Crippen LogP contribution in [0.1, 0.15) is 32.1 Å². The first-order valence-corrected chi connectivity index (χ1v) is 5.97. The van der Waals surface area contributed by atoms with Crippen molar-refractivity contribution in [1.29, 1.82) is 0 Å². The molecule has 2 aliphatic rings. The van der Waals surface area contributed by atoms with Gasteiger partial charge in [0.25, 0.3) is 0 Å². The van der Waals surface area contributed by atoms with Crippen LogP contribution >= 0.6 is 0 Å². The van der Waals surface area contributed by atoms with Crippen LogP contribution in [0.25, 0.3) is 0 Å². The number of hydrogen-bond acceptors (Lipinski definition) is 3. The molecule has 2 rings (SSSR count). The summed E-state index contributed by atoms with van der Waals surface area (Å²) in [5.41, 5.74) is 5.92. The van der Waals surface area contributed by atoms with E-state index in [0.29, 0.717) is 6.42 Å². The molecule has 0 bridgehead atoms. The second kappa shape index (κ2) is 4.49. The zero-order valence-corrected chi connectivity index (χ0v) is 9.30. The lowest BCUT2D eigenvalue weighted by Crippen LogP contribution is -2.51. The van der Waals surface area contributed by atoms with Crippen molar-refractivity contribution in [2.45, 2.75) is 37.6 Å². The number of amides is 1. The zero-order valence-electron chi connectivity index (χ0n) is 9.30. The molecule has 0 unspecified atom stereocenters. The van der Waals surface area contributed by atoms with E-state index in [0.717, 1.165) is 45.4 Å². The summed E-state index contributed by atoms with van der Waals surface area (Å²) in [6.07, 6.45) is 4.83. The summed E-state index contributed by atoms with van der Waals surface area (Å²) in [6, 6.07) is 0. The van der Waals surface area contributed by atoms with Gasteiger partial charge in [-0.25, -0.2) is 0 Å². The highest BCUT2D eigenvalue weighted by Gasteiger charge is 2.35. The Morgan fingerprint density at radius 1 is 1.27 bits per heavy atom. The molecule has 4 heteroatoms. The number of rotatable bonds is 2. The van der Waals surface area contributed by atoms with Crippen molar-refractivity contribution >= 4 is 5.91 Å². The minimum atomic E-state index is -0.170. The van der Waals surface area contributed by atoms with Crippen LogP contribution in [0.2, 0.25) is 0 Å². The summed E-state index contributed by atoms with van der Waals surface area (Å²) in [4.78, 5) is 13.9. The first-order valence-electron chi connectivity index (χ1n) is 5.97. The maximum atomic E-state index is 12.0. The molecule has 3 N–H and O–H groups in total. The van der Waals surface area contributed by atoms with Gasteiger partial charge in [0.05, 0.1) is 0 Å². The van der Waals surface area contributed by atoms with Gasteiger partial charge in [-0.05, 0) is 32.2 Å². The lowest BCUT2D eigenvalue weighted by Gasteiger charge is -2.38. The van der Waals surface area contributed by atoms with E-state index in [1.54, 1.807) is 0 Å². The van der Waals surface area contributed by atoms with Gasteiger partial charge in [-0.15, -0.1) is 0 Å². The molecule has 1 saturated carbocycles. The molecule has 1 saturated heterocycles. The van der Waals surface area contributed by atoms with E-state index in [-0.39, 0.29) is 11.4 Å². The predicted molar refractivity (Wildman–Crippen MR) is 59.5 cm³/mol. The maximum absolute atomic E-state index is 12.0. The third-order valence-corrected chi connectivity index (χ3v) is 3.55. The fourth-order valence-electron chi connectivity index (χ4n) is 2.32. The number of nitrogens with one attached hydrogen (secondary N) is 1. The Kier molecular flexibility index (Phi) is 3.26. The molecule has 1 amide bonds. The third kappa shape index (κ3) is 2.69. The SMILES string of the molecule is NC1(CC(=O)N2CCCNCC2)CCC1. The molecule has 1 heterocycles. The molecule has 1 aliphatic heterocycles. The highest BCUT2D eigenvalue weighted by atomic mass is 16.2. The van der Waals surface area contributed by atoms with Gasteiger partial charge in [0.15, 0.2) is 0 Å². The predicted octanol–water partition coefficient (Wildman–Crippen LogP) is 0.0798. The van der Waals surface area contributed by atoms with Gasteiger partial charge in [0, 0.05) is 31.6 Å². The molecular weight excluding hydrogens is 190 g/mol. The molecule has 0 radical (unpaired) electrons. The quantitative estimate of drug-likeness (QED) is 0.680. The maximum Gasteiger partial charge on any atom is 0.224 e. The van der Waals surface area contributed by atoms with E-state index in [2.05, 4.69) is 5.32 Å². The molecule has 0 atom stereocenters.